The summed E-state index contributed by atoms with van der Waals surface area (Å²) in [6, 6.07) is -0.923. The number of carbonyl (C=O) groups is 1. The average Bonchev–Trinajstić information content (AvgIpc) is 3.33. The van der Waals surface area contributed by atoms with Crippen LogP contribution >= 0.6 is 7.82 Å². The van der Waals surface area contributed by atoms with E-state index in [9.17, 15) is 19.4 Å². The van der Waals surface area contributed by atoms with Gasteiger partial charge in [-0.15, -0.1) is 0 Å². The van der Waals surface area contributed by atoms with Crippen LogP contribution in [0, 0.1) is 0 Å². The van der Waals surface area contributed by atoms with Crippen molar-refractivity contribution in [3.63, 3.8) is 0 Å². The molecule has 9 heteroatoms. The monoisotopic (exact) mass is 1010 g/mol. The number of phosphoric ester groups is 1. The molecule has 0 aliphatic heterocycles. The van der Waals surface area contributed by atoms with Crippen molar-refractivity contribution in [1.82, 2.24) is 5.32 Å². The van der Waals surface area contributed by atoms with Gasteiger partial charge >= 0.3 is 0 Å². The number of allylic oxidation sites excluding steroid dienone is 17. The van der Waals surface area contributed by atoms with E-state index in [0.29, 0.717) is 17.4 Å². The number of phosphoric acid groups is 1. The highest BCUT2D eigenvalue weighted by Gasteiger charge is 2.23. The molecule has 408 valence electrons. The molecule has 0 spiro atoms. The molecule has 0 aromatic carbocycles. The first kappa shape index (κ1) is 68.2. The number of nitrogens with zero attached hydrogens (tertiary/aromatic N) is 1. The first-order valence-corrected chi connectivity index (χ1v) is 30.2. The van der Waals surface area contributed by atoms with Gasteiger partial charge in [0, 0.05) is 6.42 Å². The summed E-state index contributed by atoms with van der Waals surface area (Å²) in [4.78, 5) is 25.5. The van der Waals surface area contributed by atoms with Crippen LogP contribution in [-0.2, 0) is 18.4 Å². The predicted molar refractivity (Wildman–Crippen MR) is 306 cm³/mol. The number of aliphatic hydroxyl groups is 1. The van der Waals surface area contributed by atoms with Gasteiger partial charge in [-0.05, 0) is 96.3 Å². The van der Waals surface area contributed by atoms with E-state index in [0.717, 1.165) is 96.3 Å². The summed E-state index contributed by atoms with van der Waals surface area (Å²) >= 11 is 0. The normalized spacial score (nSPS) is 14.7. The predicted octanol–water partition coefficient (Wildman–Crippen LogP) is 17.0. The second-order valence-electron chi connectivity index (χ2n) is 20.2. The number of quaternary nitrogens is 1. The molecular weight excluding hydrogens is 900 g/mol. The minimum Gasteiger partial charge on any atom is -0.756 e. The van der Waals surface area contributed by atoms with Gasteiger partial charge in [0.1, 0.15) is 13.2 Å². The van der Waals surface area contributed by atoms with Crippen LogP contribution in [0.4, 0.5) is 0 Å². The van der Waals surface area contributed by atoms with Crippen molar-refractivity contribution in [3.8, 4) is 0 Å². The second-order valence-corrected chi connectivity index (χ2v) is 21.7. The number of nitrogens with one attached hydrogen (secondary N) is 1. The van der Waals surface area contributed by atoms with Crippen molar-refractivity contribution in [3.05, 3.63) is 109 Å². The number of carbonyl (C=O) groups excluding carboxylic acids is 1. The number of hydrogen-bond donors (Lipinski definition) is 2. The Morgan fingerprint density at radius 2 is 0.873 bits per heavy atom. The Kier molecular flexibility index (Phi) is 50.0. The SMILES string of the molecule is CC/C=C\C/C=C\C/C=C\C/C=C\C/C=C\C/C=C\CCCCCCCCCCC(=O)NC(COP(=O)([O-])OCC[N+](C)(C)C)C(O)/C=C/CC/C=C/CC/C=C/CCCCCCCCCCCCCC. The van der Waals surface area contributed by atoms with Gasteiger partial charge in [0.15, 0.2) is 0 Å². The third-order valence-corrected chi connectivity index (χ3v) is 13.2. The Balaban J connectivity index is 4.34. The summed E-state index contributed by atoms with van der Waals surface area (Å²) in [7, 11) is 1.21. The zero-order chi connectivity index (χ0) is 52.0. The molecule has 0 radical (unpaired) electrons. The van der Waals surface area contributed by atoms with Crippen molar-refractivity contribution in [1.29, 1.82) is 0 Å². The fraction of sp³-hybridized carbons (Fsp3) is 0.694. The van der Waals surface area contributed by atoms with E-state index in [1.165, 1.54) is 109 Å². The largest absolute Gasteiger partial charge is 0.756 e. The summed E-state index contributed by atoms with van der Waals surface area (Å²) in [5.74, 6) is -0.224. The van der Waals surface area contributed by atoms with E-state index in [2.05, 4.69) is 116 Å². The lowest BCUT2D eigenvalue weighted by molar-refractivity contribution is -0.870. The van der Waals surface area contributed by atoms with Crippen LogP contribution in [0.5, 0.6) is 0 Å². The van der Waals surface area contributed by atoms with Crippen LogP contribution in [0.1, 0.15) is 226 Å². The van der Waals surface area contributed by atoms with E-state index in [4.69, 9.17) is 9.05 Å². The highest BCUT2D eigenvalue weighted by molar-refractivity contribution is 7.45. The van der Waals surface area contributed by atoms with Gasteiger partial charge in [0.2, 0.25) is 5.91 Å². The molecule has 0 aromatic heterocycles. The standard InChI is InChI=1S/C62H109N2O6P/c1-6-8-10-12-14-16-18-20-22-24-26-28-30-31-32-33-34-36-38-40-42-44-46-48-50-52-54-56-62(66)63-60(59-70-71(67,68)69-58-57-64(3,4)5)61(65)55-53-51-49-47-45-43-41-39-37-35-29-27-25-23-21-19-17-15-13-11-9-7-2/h8,10,14,16,20,22,26,28,31-32,34,36-37,39,45,47,53,55,60-61,65H,6-7,9,11-13,15,17-19,21,23-25,27,29-30,33,35,38,40-44,46,48-52,54,56-59H2,1-5H3,(H-,63,66,67,68)/b10-8-,16-14-,22-20-,28-26-,32-31-,36-34-,39-37+,47-45+,55-53+. The topological polar surface area (TPSA) is 108 Å². The maximum Gasteiger partial charge on any atom is 0.268 e. The minimum absolute atomic E-state index is 0.0165. The molecule has 0 aliphatic carbocycles. The third-order valence-electron chi connectivity index (χ3n) is 12.2. The van der Waals surface area contributed by atoms with Crippen LogP contribution in [0.2, 0.25) is 0 Å². The van der Waals surface area contributed by atoms with E-state index in [-0.39, 0.29) is 12.5 Å². The third kappa shape index (κ3) is 54.8. The second kappa shape index (κ2) is 52.0. The molecule has 71 heavy (non-hydrogen) atoms. The van der Waals surface area contributed by atoms with Gasteiger partial charge in [0.25, 0.3) is 7.82 Å². The zero-order valence-corrected chi connectivity index (χ0v) is 47.3. The van der Waals surface area contributed by atoms with Crippen molar-refractivity contribution >= 4 is 13.7 Å². The molecule has 0 heterocycles. The van der Waals surface area contributed by atoms with Gasteiger partial charge in [-0.2, -0.15) is 0 Å². The molecule has 1 amide bonds. The van der Waals surface area contributed by atoms with E-state index >= 15 is 0 Å². The Bertz CT molecular complexity index is 1520. The van der Waals surface area contributed by atoms with Crippen LogP contribution < -0.4 is 10.2 Å². The van der Waals surface area contributed by atoms with Gasteiger partial charge in [-0.3, -0.25) is 9.36 Å². The van der Waals surface area contributed by atoms with Crippen molar-refractivity contribution < 1.29 is 32.9 Å². The number of hydrogen-bond acceptors (Lipinski definition) is 6. The van der Waals surface area contributed by atoms with Crippen LogP contribution in [-0.4, -0.2) is 68.5 Å². The Labute approximate surface area is 438 Å². The van der Waals surface area contributed by atoms with E-state index in [1.54, 1.807) is 6.08 Å². The maximum absolute atomic E-state index is 13.0. The molecule has 3 unspecified atom stereocenters. The number of amides is 1. The van der Waals surface area contributed by atoms with E-state index < -0.39 is 26.6 Å². The summed E-state index contributed by atoms with van der Waals surface area (Å²) < 4.78 is 23.3. The summed E-state index contributed by atoms with van der Waals surface area (Å²) in [5, 5.41) is 13.9. The first-order valence-electron chi connectivity index (χ1n) is 28.7. The Morgan fingerprint density at radius 3 is 1.31 bits per heavy atom. The van der Waals surface area contributed by atoms with Crippen molar-refractivity contribution in [2.45, 2.75) is 238 Å². The maximum atomic E-state index is 13.0. The molecule has 0 fully saturated rings. The number of unbranched alkanes of at least 4 members (excludes halogenated alkanes) is 22. The molecule has 0 saturated carbocycles. The molecule has 0 rings (SSSR count). The molecule has 0 aliphatic rings. The van der Waals surface area contributed by atoms with Crippen LogP contribution in [0.25, 0.3) is 0 Å². The van der Waals surface area contributed by atoms with Gasteiger partial charge in [-0.1, -0.05) is 232 Å². The number of likely N-dealkylation sites (N-methyl/N-ethyl adjacent to an activating group) is 1. The van der Waals surface area contributed by atoms with Gasteiger partial charge in [-0.25, -0.2) is 0 Å². The lowest BCUT2D eigenvalue weighted by atomic mass is 10.0. The van der Waals surface area contributed by atoms with Gasteiger partial charge in [0.05, 0.1) is 39.9 Å². The van der Waals surface area contributed by atoms with Crippen molar-refractivity contribution in [2.75, 3.05) is 40.9 Å². The van der Waals surface area contributed by atoms with Crippen LogP contribution in [0.15, 0.2) is 109 Å². The van der Waals surface area contributed by atoms with Gasteiger partial charge < -0.3 is 28.8 Å². The number of rotatable bonds is 51. The van der Waals surface area contributed by atoms with Crippen LogP contribution in [0.3, 0.4) is 0 Å². The average molecular weight is 1010 g/mol. The fourth-order valence-corrected chi connectivity index (χ4v) is 8.44. The molecule has 0 aromatic rings. The highest BCUT2D eigenvalue weighted by Crippen LogP contribution is 2.38. The highest BCUT2D eigenvalue weighted by atomic mass is 31.2. The quantitative estimate of drug-likeness (QED) is 0.0272. The van der Waals surface area contributed by atoms with Crippen molar-refractivity contribution in [2.24, 2.45) is 0 Å². The molecule has 0 saturated heterocycles. The molecule has 8 nitrogen and oxygen atoms in total. The smallest absolute Gasteiger partial charge is 0.268 e. The Morgan fingerprint density at radius 1 is 0.507 bits per heavy atom. The summed E-state index contributed by atoms with van der Waals surface area (Å²) in [6.07, 6.45) is 75.9. The summed E-state index contributed by atoms with van der Waals surface area (Å²) in [6.45, 7) is 4.50. The zero-order valence-electron chi connectivity index (χ0n) is 46.4. The number of aliphatic hydroxyl groups excluding tert-OH is 1. The lowest BCUT2D eigenvalue weighted by Gasteiger charge is -2.29. The molecule has 0 bridgehead atoms. The lowest BCUT2D eigenvalue weighted by Crippen LogP contribution is -2.45. The minimum atomic E-state index is -4.62. The first-order chi connectivity index (χ1) is 34.5. The summed E-state index contributed by atoms with van der Waals surface area (Å²) in [5.41, 5.74) is 0. The Hall–Kier alpha value is -2.84. The molecular formula is C62H109N2O6P. The molecule has 3 atom stereocenters. The molecule has 2 N–H and O–H groups in total. The van der Waals surface area contributed by atoms with E-state index in [1.807, 2.05) is 27.2 Å². The fourth-order valence-electron chi connectivity index (χ4n) is 7.72.